The van der Waals surface area contributed by atoms with Crippen molar-refractivity contribution < 1.29 is 114 Å². The molecule has 4 heterocycles. The molecule has 0 radical (unpaired) electrons. The fourth-order valence-electron chi connectivity index (χ4n) is 7.64. The van der Waals surface area contributed by atoms with Crippen LogP contribution in [0.3, 0.4) is 0 Å². The SMILES string of the molecule is CC(=S)NCC(COCCCS[C@@H]1OC(CO)[C@@H](O)C(O)C1O)(COCCCS[C@@H]1OC(CO)[C@@H](O)C(O)C1O)COCCCS[C@@H]1OC(CO)[C@@H](O[C@@H]2OC(CO)[C@H](O)C(O)[C@@H]2O)C(O)[C@@H]1O. The number of thiocarbonyl (C=S) groups is 1. The smallest absolute Gasteiger partial charge is 0.187 e. The van der Waals surface area contributed by atoms with Crippen molar-refractivity contribution >= 4 is 52.5 Å². The molecule has 16 N–H and O–H groups in total. The number of rotatable bonds is 29. The Morgan fingerprint density at radius 1 is 0.485 bits per heavy atom. The van der Waals surface area contributed by atoms with E-state index in [1.165, 1.54) is 23.5 Å². The summed E-state index contributed by atoms with van der Waals surface area (Å²) in [6.07, 6.45) is -23.2. The number of hydrogen-bond donors (Lipinski definition) is 16. The Hall–Kier alpha value is 0.0200. The lowest BCUT2D eigenvalue weighted by Gasteiger charge is -2.46. The molecule has 0 saturated carbocycles. The number of ether oxygens (including phenoxy) is 8. The molecule has 4 aliphatic heterocycles. The normalized spacial score (nSPS) is 39.9. The summed E-state index contributed by atoms with van der Waals surface area (Å²) >= 11 is 8.88. The molecule has 4 fully saturated rings. The Labute approximate surface area is 412 Å². The number of thioether (sulfide) groups is 3. The minimum Gasteiger partial charge on any atom is -0.394 e. The first-order valence-electron chi connectivity index (χ1n) is 22.5. The summed E-state index contributed by atoms with van der Waals surface area (Å²) in [4.78, 5) is 0.507. The number of nitrogens with one attached hydrogen (secondary N) is 1. The van der Waals surface area contributed by atoms with Crippen molar-refractivity contribution in [3.8, 4) is 0 Å². The third kappa shape index (κ3) is 17.0. The molecule has 0 bridgehead atoms. The van der Waals surface area contributed by atoms with Gasteiger partial charge in [0.1, 0.15) is 114 Å². The monoisotopic (exact) mass is 1060 g/mol. The summed E-state index contributed by atoms with van der Waals surface area (Å²) < 4.78 is 46.5. The van der Waals surface area contributed by atoms with Gasteiger partial charge in [0.15, 0.2) is 6.29 Å². The molecule has 68 heavy (non-hydrogen) atoms. The highest BCUT2D eigenvalue weighted by Gasteiger charge is 2.51. The maximum atomic E-state index is 11.0. The van der Waals surface area contributed by atoms with E-state index in [0.717, 1.165) is 11.8 Å². The van der Waals surface area contributed by atoms with E-state index in [-0.39, 0.29) is 46.2 Å². The van der Waals surface area contributed by atoms with Gasteiger partial charge in [-0.3, -0.25) is 0 Å². The van der Waals surface area contributed by atoms with E-state index in [1.807, 2.05) is 0 Å². The van der Waals surface area contributed by atoms with E-state index in [9.17, 15) is 76.6 Å². The van der Waals surface area contributed by atoms with Gasteiger partial charge in [-0.25, -0.2) is 0 Å². The summed E-state index contributed by atoms with van der Waals surface area (Å²) in [5.41, 5.74) is -3.60. The Kier molecular flexibility index (Phi) is 27.1. The molecule has 0 aromatic rings. The van der Waals surface area contributed by atoms with Crippen molar-refractivity contribution in [3.05, 3.63) is 0 Å². The van der Waals surface area contributed by atoms with Crippen molar-refractivity contribution in [1.29, 1.82) is 0 Å². The molecule has 0 spiro atoms. The first-order valence-corrected chi connectivity index (χ1v) is 26.0. The van der Waals surface area contributed by atoms with Crippen molar-refractivity contribution in [2.24, 2.45) is 5.41 Å². The van der Waals surface area contributed by atoms with Gasteiger partial charge in [0.2, 0.25) is 0 Å². The first kappa shape index (κ1) is 60.6. The number of hydrogen-bond acceptors (Lipinski definition) is 27. The van der Waals surface area contributed by atoms with Crippen molar-refractivity contribution in [1.82, 2.24) is 5.32 Å². The van der Waals surface area contributed by atoms with Gasteiger partial charge in [-0.2, -0.15) is 0 Å². The third-order valence-corrected chi connectivity index (χ3v) is 15.6. The Balaban J connectivity index is 1.30. The largest absolute Gasteiger partial charge is 0.394 e. The van der Waals surface area contributed by atoms with E-state index in [4.69, 9.17) is 50.1 Å². The van der Waals surface area contributed by atoms with Crippen LogP contribution >= 0.6 is 47.5 Å². The fourth-order valence-corrected chi connectivity index (χ4v) is 11.0. The molecule has 0 aromatic carbocycles. The molecule has 20 atom stereocenters. The highest BCUT2D eigenvalue weighted by molar-refractivity contribution is 8.00. The molecule has 4 rings (SSSR count). The van der Waals surface area contributed by atoms with E-state index in [1.54, 1.807) is 6.92 Å². The molecule has 0 amide bonds. The molecule has 400 valence electrons. The van der Waals surface area contributed by atoms with Gasteiger partial charge >= 0.3 is 0 Å². The lowest BCUT2D eigenvalue weighted by molar-refractivity contribution is -0.338. The molecule has 0 aliphatic carbocycles. The highest BCUT2D eigenvalue weighted by Crippen LogP contribution is 2.34. The fraction of sp³-hybridized carbons (Fsp3) is 0.975. The van der Waals surface area contributed by atoms with E-state index >= 15 is 0 Å². The van der Waals surface area contributed by atoms with Gasteiger partial charge in [0, 0.05) is 26.4 Å². The number of aliphatic hydroxyl groups is 15. The Bertz CT molecular complexity index is 1370. The van der Waals surface area contributed by atoms with Crippen molar-refractivity contribution in [2.75, 3.05) is 89.9 Å². The second kappa shape index (κ2) is 30.4. The van der Waals surface area contributed by atoms with Gasteiger partial charge in [-0.05, 0) is 43.4 Å². The predicted molar refractivity (Wildman–Crippen MR) is 246 cm³/mol. The zero-order chi connectivity index (χ0) is 50.1. The lowest BCUT2D eigenvalue weighted by Crippen LogP contribution is -2.64. The van der Waals surface area contributed by atoms with Crippen LogP contribution in [0, 0.1) is 5.41 Å². The molecular formula is C40H73NO23S4. The summed E-state index contributed by atoms with van der Waals surface area (Å²) in [5.74, 6) is 1.23. The Morgan fingerprint density at radius 3 is 1.22 bits per heavy atom. The van der Waals surface area contributed by atoms with Crippen LogP contribution in [-0.2, 0) is 37.9 Å². The summed E-state index contributed by atoms with van der Waals surface area (Å²) in [6.45, 7) is 0.674. The second-order valence-corrected chi connectivity index (χ2v) is 21.4. The maximum absolute atomic E-state index is 11.0. The van der Waals surface area contributed by atoms with E-state index < -0.39 is 152 Å². The van der Waals surface area contributed by atoms with E-state index in [2.05, 4.69) is 5.32 Å². The molecule has 24 nitrogen and oxygen atoms in total. The molecule has 10 unspecified atom stereocenters. The minimum absolute atomic E-state index is 0.122. The zero-order valence-corrected chi connectivity index (χ0v) is 40.9. The summed E-state index contributed by atoms with van der Waals surface area (Å²) in [5, 5.41) is 156. The molecule has 28 heteroatoms. The van der Waals surface area contributed by atoms with Crippen LogP contribution in [0.2, 0.25) is 0 Å². The van der Waals surface area contributed by atoms with Gasteiger partial charge in [-0.1, -0.05) is 12.2 Å². The van der Waals surface area contributed by atoms with E-state index in [0.29, 0.717) is 41.5 Å². The lowest BCUT2D eigenvalue weighted by atomic mass is 9.90. The average molecular weight is 1060 g/mol. The van der Waals surface area contributed by atoms with Gasteiger partial charge in [0.05, 0.1) is 56.7 Å². The quantitative estimate of drug-likeness (QED) is 0.0245. The van der Waals surface area contributed by atoms with Crippen LogP contribution in [0.15, 0.2) is 0 Å². The van der Waals surface area contributed by atoms with Crippen LogP contribution in [0.25, 0.3) is 0 Å². The van der Waals surface area contributed by atoms with Gasteiger partial charge < -0.3 is 120 Å². The Morgan fingerprint density at radius 2 is 0.838 bits per heavy atom. The molecule has 4 saturated heterocycles. The second-order valence-electron chi connectivity index (χ2n) is 17.1. The third-order valence-electron chi connectivity index (χ3n) is 11.7. The van der Waals surface area contributed by atoms with Crippen LogP contribution in [-0.4, -0.2) is 292 Å². The maximum Gasteiger partial charge on any atom is 0.187 e. The van der Waals surface area contributed by atoms with Gasteiger partial charge in [-0.15, -0.1) is 35.3 Å². The standard InChI is InChI=1S/C40H73NO23S4/c1-19(65)41-15-40(16-57-5-2-8-66-37-32(54)28(50)25(47)21(12-43)61-37,17-58-6-3-9-67-38-33(55)29(51)26(48)22(13-44)62-38)18-59-7-4-10-68-39-34(56)30(52)35(23(14-45)63-39)64-36-31(53)27(49)24(46)20(11-42)60-36/h20-39,42-56H,2-18H2,1H3,(H,41,65)/t20?,21?,22?,23?,24-,25+,26+,27?,28?,29?,30?,31-,32?,33?,34-,35+,36-,37-,38-,39-,40?/m0/s1. The van der Waals surface area contributed by atoms with Crippen molar-refractivity contribution in [2.45, 2.75) is 146 Å². The molecule has 4 aliphatic rings. The first-order chi connectivity index (χ1) is 32.4. The average Bonchev–Trinajstić information content (AvgIpc) is 3.33. The topological polar surface area (TPSA) is 389 Å². The van der Waals surface area contributed by atoms with Crippen LogP contribution in [0.4, 0.5) is 0 Å². The molecule has 0 aromatic heterocycles. The molecular weight excluding hydrogens is 991 g/mol. The summed E-state index contributed by atoms with van der Waals surface area (Å²) in [6, 6.07) is 0. The zero-order valence-electron chi connectivity index (χ0n) is 37.7. The minimum atomic E-state index is -1.79. The van der Waals surface area contributed by atoms with Crippen LogP contribution in [0.5, 0.6) is 0 Å². The van der Waals surface area contributed by atoms with Crippen LogP contribution in [0.1, 0.15) is 26.2 Å². The van der Waals surface area contributed by atoms with Crippen molar-refractivity contribution in [3.63, 3.8) is 0 Å². The number of aliphatic hydroxyl groups excluding tert-OH is 15. The van der Waals surface area contributed by atoms with Gasteiger partial charge in [0.25, 0.3) is 0 Å². The van der Waals surface area contributed by atoms with Crippen LogP contribution < -0.4 is 5.32 Å². The summed E-state index contributed by atoms with van der Waals surface area (Å²) in [7, 11) is 0. The highest BCUT2D eigenvalue weighted by atomic mass is 32.2. The predicted octanol–water partition coefficient (Wildman–Crippen LogP) is -6.45.